The highest BCUT2D eigenvalue weighted by Gasteiger charge is 2.12. The third-order valence-corrected chi connectivity index (χ3v) is 3.44. The van der Waals surface area contributed by atoms with Crippen molar-refractivity contribution in [2.75, 3.05) is 0 Å². The standard InChI is InChI=1S/C14H17FN2OS/c1-9(16)6-11-4-3-5-13(15)14(11)18-7-12-8-19-10(2)17-12/h3-5,8-9H,6-7,16H2,1-2H3. The molecule has 2 N–H and O–H groups in total. The number of benzene rings is 1. The van der Waals surface area contributed by atoms with Crippen molar-refractivity contribution in [2.45, 2.75) is 32.9 Å². The number of rotatable bonds is 5. The minimum atomic E-state index is -0.356. The van der Waals surface area contributed by atoms with Gasteiger partial charge in [0.1, 0.15) is 6.61 Å². The average Bonchev–Trinajstić information content (AvgIpc) is 2.73. The van der Waals surface area contributed by atoms with Gasteiger partial charge >= 0.3 is 0 Å². The predicted molar refractivity (Wildman–Crippen MR) is 74.9 cm³/mol. The Labute approximate surface area is 116 Å². The van der Waals surface area contributed by atoms with Crippen molar-refractivity contribution in [3.05, 3.63) is 45.7 Å². The van der Waals surface area contributed by atoms with Crippen molar-refractivity contribution in [3.63, 3.8) is 0 Å². The van der Waals surface area contributed by atoms with E-state index < -0.39 is 0 Å². The van der Waals surface area contributed by atoms with Crippen LogP contribution in [-0.4, -0.2) is 11.0 Å². The molecule has 0 aliphatic heterocycles. The van der Waals surface area contributed by atoms with E-state index >= 15 is 0 Å². The molecule has 1 unspecified atom stereocenters. The van der Waals surface area contributed by atoms with Crippen LogP contribution in [0.3, 0.4) is 0 Å². The van der Waals surface area contributed by atoms with Crippen molar-refractivity contribution < 1.29 is 9.13 Å². The average molecular weight is 280 g/mol. The second-order valence-electron chi connectivity index (χ2n) is 4.56. The van der Waals surface area contributed by atoms with Gasteiger partial charge in [-0.05, 0) is 31.9 Å². The fourth-order valence-corrected chi connectivity index (χ4v) is 2.44. The lowest BCUT2D eigenvalue weighted by atomic mass is 10.1. The third kappa shape index (κ3) is 3.75. The molecule has 0 spiro atoms. The molecular weight excluding hydrogens is 263 g/mol. The van der Waals surface area contributed by atoms with Gasteiger partial charge in [-0.1, -0.05) is 12.1 Å². The van der Waals surface area contributed by atoms with Crippen molar-refractivity contribution in [3.8, 4) is 5.75 Å². The molecule has 0 aliphatic rings. The van der Waals surface area contributed by atoms with Crippen LogP contribution in [0.5, 0.6) is 5.75 Å². The van der Waals surface area contributed by atoms with E-state index in [2.05, 4.69) is 4.98 Å². The summed E-state index contributed by atoms with van der Waals surface area (Å²) in [5.74, 6) is -0.0736. The van der Waals surface area contributed by atoms with Crippen molar-refractivity contribution in [2.24, 2.45) is 5.73 Å². The number of hydrogen-bond acceptors (Lipinski definition) is 4. The van der Waals surface area contributed by atoms with E-state index in [0.717, 1.165) is 16.3 Å². The fraction of sp³-hybridized carbons (Fsp3) is 0.357. The van der Waals surface area contributed by atoms with Crippen LogP contribution in [0.2, 0.25) is 0 Å². The van der Waals surface area contributed by atoms with Gasteiger partial charge in [0.05, 0.1) is 10.7 Å². The van der Waals surface area contributed by atoms with E-state index in [4.69, 9.17) is 10.5 Å². The summed E-state index contributed by atoms with van der Waals surface area (Å²) in [6, 6.07) is 4.87. The summed E-state index contributed by atoms with van der Waals surface area (Å²) in [7, 11) is 0. The van der Waals surface area contributed by atoms with Crippen molar-refractivity contribution in [1.29, 1.82) is 0 Å². The van der Waals surface area contributed by atoms with E-state index in [1.165, 1.54) is 6.07 Å². The molecule has 5 heteroatoms. The maximum Gasteiger partial charge on any atom is 0.165 e. The van der Waals surface area contributed by atoms with E-state index in [1.54, 1.807) is 17.4 Å². The van der Waals surface area contributed by atoms with Crippen LogP contribution < -0.4 is 10.5 Å². The zero-order chi connectivity index (χ0) is 13.8. The molecule has 0 aliphatic carbocycles. The maximum absolute atomic E-state index is 13.8. The summed E-state index contributed by atoms with van der Waals surface area (Å²) in [5.41, 5.74) is 7.38. The SMILES string of the molecule is Cc1nc(COc2c(F)cccc2CC(C)N)cs1. The first kappa shape index (κ1) is 14.0. The predicted octanol–water partition coefficient (Wildman–Crippen LogP) is 3.06. The zero-order valence-corrected chi connectivity index (χ0v) is 11.8. The molecule has 102 valence electrons. The van der Waals surface area contributed by atoms with Crippen LogP contribution in [0.15, 0.2) is 23.6 Å². The molecule has 1 atom stereocenters. The highest BCUT2D eigenvalue weighted by atomic mass is 32.1. The first-order valence-electron chi connectivity index (χ1n) is 6.13. The Morgan fingerprint density at radius 3 is 2.89 bits per heavy atom. The van der Waals surface area contributed by atoms with Gasteiger partial charge in [-0.25, -0.2) is 9.37 Å². The van der Waals surface area contributed by atoms with Crippen LogP contribution >= 0.6 is 11.3 Å². The number of aromatic nitrogens is 1. The molecule has 1 aromatic carbocycles. The molecule has 0 fully saturated rings. The first-order chi connectivity index (χ1) is 9.06. The molecule has 2 rings (SSSR count). The van der Waals surface area contributed by atoms with Gasteiger partial charge in [-0.3, -0.25) is 0 Å². The summed E-state index contributed by atoms with van der Waals surface area (Å²) in [5, 5.41) is 2.89. The topological polar surface area (TPSA) is 48.1 Å². The van der Waals surface area contributed by atoms with Crippen LogP contribution in [0.4, 0.5) is 4.39 Å². The number of ether oxygens (including phenoxy) is 1. The summed E-state index contributed by atoms with van der Waals surface area (Å²) in [6.45, 7) is 4.09. The Balaban J connectivity index is 2.14. The largest absolute Gasteiger partial charge is 0.484 e. The monoisotopic (exact) mass is 280 g/mol. The number of nitrogens with zero attached hydrogens (tertiary/aromatic N) is 1. The van der Waals surface area contributed by atoms with Gasteiger partial charge in [0.15, 0.2) is 11.6 Å². The number of halogens is 1. The van der Waals surface area contributed by atoms with Crippen LogP contribution in [-0.2, 0) is 13.0 Å². The summed E-state index contributed by atoms with van der Waals surface area (Å²) in [6.07, 6.45) is 0.586. The van der Waals surface area contributed by atoms with Gasteiger partial charge in [0.2, 0.25) is 0 Å². The van der Waals surface area contributed by atoms with E-state index in [9.17, 15) is 4.39 Å². The summed E-state index contributed by atoms with van der Waals surface area (Å²) < 4.78 is 19.4. The molecule has 0 bridgehead atoms. The number of para-hydroxylation sites is 1. The lowest BCUT2D eigenvalue weighted by molar-refractivity contribution is 0.282. The number of aryl methyl sites for hydroxylation is 1. The molecule has 0 radical (unpaired) electrons. The zero-order valence-electron chi connectivity index (χ0n) is 11.0. The quantitative estimate of drug-likeness (QED) is 0.915. The Kier molecular flexibility index (Phi) is 4.50. The molecule has 1 heterocycles. The first-order valence-corrected chi connectivity index (χ1v) is 7.01. The van der Waals surface area contributed by atoms with E-state index in [1.807, 2.05) is 25.3 Å². The molecule has 3 nitrogen and oxygen atoms in total. The number of thiazole rings is 1. The van der Waals surface area contributed by atoms with E-state index in [-0.39, 0.29) is 24.2 Å². The van der Waals surface area contributed by atoms with Crippen LogP contribution in [0.1, 0.15) is 23.2 Å². The molecule has 0 saturated carbocycles. The molecular formula is C14H17FN2OS. The third-order valence-electron chi connectivity index (χ3n) is 2.62. The molecule has 0 saturated heterocycles. The van der Waals surface area contributed by atoms with Crippen molar-refractivity contribution >= 4 is 11.3 Å². The molecule has 1 aromatic heterocycles. The summed E-state index contributed by atoms with van der Waals surface area (Å²) in [4.78, 5) is 4.29. The molecule has 0 amide bonds. The lowest BCUT2D eigenvalue weighted by Crippen LogP contribution is -2.18. The van der Waals surface area contributed by atoms with Gasteiger partial charge < -0.3 is 10.5 Å². The fourth-order valence-electron chi connectivity index (χ4n) is 1.84. The van der Waals surface area contributed by atoms with Crippen LogP contribution in [0.25, 0.3) is 0 Å². The Morgan fingerprint density at radius 1 is 1.47 bits per heavy atom. The van der Waals surface area contributed by atoms with Crippen LogP contribution in [0, 0.1) is 12.7 Å². The second-order valence-corrected chi connectivity index (χ2v) is 5.62. The van der Waals surface area contributed by atoms with Gasteiger partial charge in [-0.2, -0.15) is 0 Å². The number of nitrogens with two attached hydrogens (primary N) is 1. The maximum atomic E-state index is 13.8. The number of hydrogen-bond donors (Lipinski definition) is 1. The minimum Gasteiger partial charge on any atom is -0.484 e. The minimum absolute atomic E-state index is 0.0364. The molecule has 19 heavy (non-hydrogen) atoms. The van der Waals surface area contributed by atoms with Gasteiger partial charge in [0, 0.05) is 11.4 Å². The Hall–Kier alpha value is -1.46. The summed E-state index contributed by atoms with van der Waals surface area (Å²) >= 11 is 1.55. The smallest absolute Gasteiger partial charge is 0.165 e. The highest BCUT2D eigenvalue weighted by molar-refractivity contribution is 7.09. The highest BCUT2D eigenvalue weighted by Crippen LogP contribution is 2.25. The van der Waals surface area contributed by atoms with E-state index in [0.29, 0.717) is 6.42 Å². The Morgan fingerprint density at radius 2 is 2.26 bits per heavy atom. The van der Waals surface area contributed by atoms with Gasteiger partial charge in [-0.15, -0.1) is 11.3 Å². The van der Waals surface area contributed by atoms with Gasteiger partial charge in [0.25, 0.3) is 0 Å². The second kappa shape index (κ2) is 6.12. The normalized spacial score (nSPS) is 12.4. The Bertz CT molecular complexity index is 554. The van der Waals surface area contributed by atoms with Crippen molar-refractivity contribution in [1.82, 2.24) is 4.98 Å². The lowest BCUT2D eigenvalue weighted by Gasteiger charge is -2.13. The molecule has 2 aromatic rings.